The molecule has 2 nitrogen and oxygen atoms in total. The van der Waals surface area contributed by atoms with Gasteiger partial charge in [0.25, 0.3) is 0 Å². The molecule has 0 aromatic heterocycles. The molecule has 2 aliphatic rings. The molecule has 1 aliphatic heterocycles. The van der Waals surface area contributed by atoms with E-state index < -0.39 is 0 Å². The van der Waals surface area contributed by atoms with Crippen molar-refractivity contribution in [2.75, 3.05) is 4.90 Å². The fourth-order valence-electron chi connectivity index (χ4n) is 5.57. The standard InChI is InChI=1S/C27H30N2/c1-20(17-21-9-3-2-4-10-21)27(18-24(28)19-27)29-25-13-7-5-11-22(25)15-16-23-12-6-8-14-26(23)29/h2-14,20,24H,15-19,28H2,1H3. The molecular formula is C27H30N2. The summed E-state index contributed by atoms with van der Waals surface area (Å²) >= 11 is 0. The van der Waals surface area contributed by atoms with Gasteiger partial charge in [-0.3, -0.25) is 0 Å². The lowest BCUT2D eigenvalue weighted by Crippen LogP contribution is -2.64. The third kappa shape index (κ3) is 3.16. The zero-order valence-electron chi connectivity index (χ0n) is 17.2. The summed E-state index contributed by atoms with van der Waals surface area (Å²) in [5.74, 6) is 0.504. The van der Waals surface area contributed by atoms with Crippen molar-refractivity contribution in [1.82, 2.24) is 0 Å². The van der Waals surface area contributed by atoms with E-state index in [9.17, 15) is 0 Å². The molecule has 5 rings (SSSR count). The highest BCUT2D eigenvalue weighted by molar-refractivity contribution is 5.74. The summed E-state index contributed by atoms with van der Waals surface area (Å²) in [5.41, 5.74) is 13.6. The minimum atomic E-state index is 0.0613. The summed E-state index contributed by atoms with van der Waals surface area (Å²) in [6.07, 6.45) is 5.36. The maximum absolute atomic E-state index is 6.44. The number of hydrogen-bond acceptors (Lipinski definition) is 2. The van der Waals surface area contributed by atoms with Crippen molar-refractivity contribution in [3.05, 3.63) is 95.6 Å². The zero-order valence-corrected chi connectivity index (χ0v) is 17.2. The summed E-state index contributed by atoms with van der Waals surface area (Å²) < 4.78 is 0. The van der Waals surface area contributed by atoms with Gasteiger partial charge in [0, 0.05) is 17.4 Å². The van der Waals surface area contributed by atoms with Crippen LogP contribution in [0.1, 0.15) is 36.5 Å². The molecule has 1 unspecified atom stereocenters. The van der Waals surface area contributed by atoms with Gasteiger partial charge in [-0.25, -0.2) is 0 Å². The number of hydrogen-bond donors (Lipinski definition) is 1. The molecule has 0 amide bonds. The van der Waals surface area contributed by atoms with Crippen LogP contribution in [0.5, 0.6) is 0 Å². The van der Waals surface area contributed by atoms with E-state index in [1.807, 2.05) is 0 Å². The molecule has 1 aliphatic carbocycles. The highest BCUT2D eigenvalue weighted by atomic mass is 15.2. The predicted molar refractivity (Wildman–Crippen MR) is 122 cm³/mol. The number of nitrogens with zero attached hydrogens (tertiary/aromatic N) is 1. The molecule has 1 atom stereocenters. The van der Waals surface area contributed by atoms with Crippen LogP contribution >= 0.6 is 0 Å². The van der Waals surface area contributed by atoms with Gasteiger partial charge < -0.3 is 10.6 Å². The van der Waals surface area contributed by atoms with Gasteiger partial charge in [0.2, 0.25) is 0 Å². The Bertz CT molecular complexity index is 941. The molecule has 2 N–H and O–H groups in total. The Kier molecular flexibility index (Phi) is 4.67. The van der Waals surface area contributed by atoms with Gasteiger partial charge in [-0.05, 0) is 66.8 Å². The number of nitrogens with two attached hydrogens (primary N) is 1. The van der Waals surface area contributed by atoms with E-state index >= 15 is 0 Å². The summed E-state index contributed by atoms with van der Waals surface area (Å²) in [5, 5.41) is 0. The maximum atomic E-state index is 6.44. The van der Waals surface area contributed by atoms with E-state index in [2.05, 4.69) is 90.7 Å². The predicted octanol–water partition coefficient (Wildman–Crippen LogP) is 5.66. The fourth-order valence-corrected chi connectivity index (χ4v) is 5.57. The SMILES string of the molecule is CC(Cc1ccccc1)C1(N2c3ccccc3CCc3ccccc32)CC(N)C1. The smallest absolute Gasteiger partial charge is 0.0509 e. The van der Waals surface area contributed by atoms with E-state index in [0.717, 1.165) is 32.1 Å². The first-order chi connectivity index (χ1) is 14.2. The number of para-hydroxylation sites is 2. The molecule has 2 heteroatoms. The molecule has 0 saturated heterocycles. The molecule has 148 valence electrons. The normalized spacial score (nSPS) is 24.1. The first-order valence-corrected chi connectivity index (χ1v) is 10.9. The van der Waals surface area contributed by atoms with Crippen LogP contribution in [-0.2, 0) is 19.3 Å². The van der Waals surface area contributed by atoms with Crippen molar-refractivity contribution in [2.24, 2.45) is 11.7 Å². The van der Waals surface area contributed by atoms with Gasteiger partial charge in [0.05, 0.1) is 5.54 Å². The molecule has 3 aromatic carbocycles. The number of fused-ring (bicyclic) bond motifs is 2. The van der Waals surface area contributed by atoms with Crippen molar-refractivity contribution in [3.8, 4) is 0 Å². The second-order valence-corrected chi connectivity index (χ2v) is 8.96. The van der Waals surface area contributed by atoms with Crippen LogP contribution in [0.25, 0.3) is 0 Å². The topological polar surface area (TPSA) is 29.3 Å². The lowest BCUT2D eigenvalue weighted by atomic mass is 9.62. The summed E-state index contributed by atoms with van der Waals surface area (Å²) in [6.45, 7) is 2.43. The van der Waals surface area contributed by atoms with Gasteiger partial charge in [-0.15, -0.1) is 0 Å². The largest absolute Gasteiger partial charge is 0.334 e. The summed E-state index contributed by atoms with van der Waals surface area (Å²) in [6, 6.07) is 29.2. The van der Waals surface area contributed by atoms with Crippen molar-refractivity contribution in [1.29, 1.82) is 0 Å². The van der Waals surface area contributed by atoms with Crippen LogP contribution in [0.3, 0.4) is 0 Å². The van der Waals surface area contributed by atoms with Crippen molar-refractivity contribution >= 4 is 11.4 Å². The minimum absolute atomic E-state index is 0.0613. The van der Waals surface area contributed by atoms with Crippen LogP contribution < -0.4 is 10.6 Å². The number of rotatable bonds is 4. The average molecular weight is 383 g/mol. The van der Waals surface area contributed by atoms with Crippen molar-refractivity contribution in [2.45, 2.75) is 50.6 Å². The molecule has 1 saturated carbocycles. The third-order valence-corrected chi connectivity index (χ3v) is 7.11. The Morgan fingerprint density at radius 1 is 0.828 bits per heavy atom. The van der Waals surface area contributed by atoms with Crippen LogP contribution in [0.2, 0.25) is 0 Å². The molecule has 1 fully saturated rings. The molecule has 29 heavy (non-hydrogen) atoms. The van der Waals surface area contributed by atoms with Crippen LogP contribution in [0, 0.1) is 5.92 Å². The van der Waals surface area contributed by atoms with Crippen molar-refractivity contribution < 1.29 is 0 Å². The van der Waals surface area contributed by atoms with Crippen LogP contribution in [-0.4, -0.2) is 11.6 Å². The van der Waals surface area contributed by atoms with Gasteiger partial charge in [-0.2, -0.15) is 0 Å². The molecule has 0 spiro atoms. The van der Waals surface area contributed by atoms with E-state index in [4.69, 9.17) is 5.73 Å². The number of aryl methyl sites for hydroxylation is 2. The van der Waals surface area contributed by atoms with Gasteiger partial charge >= 0.3 is 0 Å². The van der Waals surface area contributed by atoms with Crippen molar-refractivity contribution in [3.63, 3.8) is 0 Å². The lowest BCUT2D eigenvalue weighted by molar-refractivity contribution is 0.135. The zero-order chi connectivity index (χ0) is 19.8. The fraction of sp³-hybridized carbons (Fsp3) is 0.333. The molecule has 0 bridgehead atoms. The molecule has 0 radical (unpaired) electrons. The minimum Gasteiger partial charge on any atom is -0.334 e. The van der Waals surface area contributed by atoms with E-state index in [-0.39, 0.29) is 11.6 Å². The Hall–Kier alpha value is -2.58. The van der Waals surface area contributed by atoms with Gasteiger partial charge in [0.15, 0.2) is 0 Å². The van der Waals surface area contributed by atoms with E-state index in [1.165, 1.54) is 28.1 Å². The lowest BCUT2D eigenvalue weighted by Gasteiger charge is -2.58. The molecule has 3 aromatic rings. The first-order valence-electron chi connectivity index (χ1n) is 10.9. The van der Waals surface area contributed by atoms with Gasteiger partial charge in [-0.1, -0.05) is 73.7 Å². The van der Waals surface area contributed by atoms with Gasteiger partial charge in [0.1, 0.15) is 0 Å². The Morgan fingerprint density at radius 2 is 1.34 bits per heavy atom. The monoisotopic (exact) mass is 382 g/mol. The molecular weight excluding hydrogens is 352 g/mol. The Balaban J connectivity index is 1.63. The van der Waals surface area contributed by atoms with E-state index in [0.29, 0.717) is 5.92 Å². The quantitative estimate of drug-likeness (QED) is 0.631. The average Bonchev–Trinajstić information content (AvgIpc) is 2.89. The maximum Gasteiger partial charge on any atom is 0.0509 e. The second-order valence-electron chi connectivity index (χ2n) is 8.96. The van der Waals surface area contributed by atoms with E-state index in [1.54, 1.807) is 0 Å². The highest BCUT2D eigenvalue weighted by Crippen LogP contribution is 2.52. The van der Waals surface area contributed by atoms with Crippen LogP contribution in [0.15, 0.2) is 78.9 Å². The first kappa shape index (κ1) is 18.4. The van der Waals surface area contributed by atoms with Crippen LogP contribution in [0.4, 0.5) is 11.4 Å². The second kappa shape index (κ2) is 7.35. The third-order valence-electron chi connectivity index (χ3n) is 7.11. The Morgan fingerprint density at radius 3 is 1.90 bits per heavy atom. The summed E-state index contributed by atoms with van der Waals surface area (Å²) in [4.78, 5) is 2.68. The molecule has 1 heterocycles. The highest BCUT2D eigenvalue weighted by Gasteiger charge is 2.52. The Labute approximate surface area is 174 Å². The summed E-state index contributed by atoms with van der Waals surface area (Å²) in [7, 11) is 0. The number of benzene rings is 3. The number of anilines is 2.